The van der Waals surface area contributed by atoms with Gasteiger partial charge in [-0.2, -0.15) is 0 Å². The van der Waals surface area contributed by atoms with Crippen molar-refractivity contribution < 1.29 is 6.21 Å². The summed E-state index contributed by atoms with van der Waals surface area (Å²) in [7, 11) is 0. The van der Waals surface area contributed by atoms with Gasteiger partial charge in [0.05, 0.1) is 12.6 Å². The molecule has 1 aliphatic rings. The Morgan fingerprint density at radius 3 is 3.21 bits per heavy atom. The van der Waals surface area contributed by atoms with Crippen LogP contribution in [0.1, 0.15) is 25.2 Å². The van der Waals surface area contributed by atoms with Gasteiger partial charge >= 0.3 is 0 Å². The molecule has 0 aliphatic carbocycles. The topological polar surface area (TPSA) is 34.5 Å². The molecule has 0 amide bonds. The molecule has 0 spiro atoms. The molecule has 0 saturated heterocycles. The molecule has 98 valence electrons. The van der Waals surface area contributed by atoms with Crippen LogP contribution in [0.2, 0.25) is 5.02 Å². The maximum Gasteiger partial charge on any atom is 0.160 e. The maximum atomic E-state index is 7.48. The molecule has 6 heteroatoms. The highest BCUT2D eigenvalue weighted by Gasteiger charge is 2.28. The summed E-state index contributed by atoms with van der Waals surface area (Å²) in [5.41, 5.74) is 2.76. The number of hydrogen-bond donors (Lipinski definition) is 0. The zero-order valence-corrected chi connectivity index (χ0v) is 12.5. The predicted molar refractivity (Wildman–Crippen MR) is 80.3 cm³/mol. The Labute approximate surface area is 126 Å². The lowest BCUT2D eigenvalue weighted by Gasteiger charge is -2.14. The van der Waals surface area contributed by atoms with E-state index in [2.05, 4.69) is 10.1 Å². The average Bonchev–Trinajstić information content (AvgIpc) is 3.07. The van der Waals surface area contributed by atoms with Crippen LogP contribution in [0.4, 0.5) is 0 Å². The zero-order chi connectivity index (χ0) is 14.1. The van der Waals surface area contributed by atoms with E-state index in [9.17, 15) is 0 Å². The molecule has 2 aromatic rings. The van der Waals surface area contributed by atoms with Crippen LogP contribution in [0.15, 0.2) is 39.1 Å². The lowest BCUT2D eigenvalue weighted by Crippen LogP contribution is -2.03. The SMILES string of the molecule is [2H]c1nc(C2=NOC(c3c(Cl)cccc3SC)C2)cs1. The molecule has 1 unspecified atom stereocenters. The molecule has 3 rings (SSSR count). The van der Waals surface area contributed by atoms with E-state index in [1.54, 1.807) is 11.8 Å². The third-order valence-corrected chi connectivity index (χ3v) is 4.57. The molecule has 1 aromatic heterocycles. The van der Waals surface area contributed by atoms with Crippen molar-refractivity contribution in [2.45, 2.75) is 17.4 Å². The summed E-state index contributed by atoms with van der Waals surface area (Å²) in [5.74, 6) is 0. The van der Waals surface area contributed by atoms with Gasteiger partial charge in [0, 0.05) is 27.3 Å². The van der Waals surface area contributed by atoms with Crippen LogP contribution in [0.5, 0.6) is 0 Å². The lowest BCUT2D eigenvalue weighted by molar-refractivity contribution is 0.0839. The molecule has 0 N–H and O–H groups in total. The number of hydrogen-bond acceptors (Lipinski definition) is 5. The highest BCUT2D eigenvalue weighted by Crippen LogP contribution is 2.38. The Hall–Kier alpha value is -1.04. The van der Waals surface area contributed by atoms with Gasteiger partial charge < -0.3 is 4.84 Å². The summed E-state index contributed by atoms with van der Waals surface area (Å²) in [6.07, 6.45) is 2.45. The quantitative estimate of drug-likeness (QED) is 0.789. The van der Waals surface area contributed by atoms with Gasteiger partial charge in [0.25, 0.3) is 0 Å². The van der Waals surface area contributed by atoms with Crippen LogP contribution in [0, 0.1) is 0 Å². The van der Waals surface area contributed by atoms with Crippen molar-refractivity contribution in [2.24, 2.45) is 5.16 Å². The van der Waals surface area contributed by atoms with Gasteiger partial charge in [-0.1, -0.05) is 22.8 Å². The van der Waals surface area contributed by atoms with Crippen LogP contribution in [0.25, 0.3) is 0 Å². The first-order chi connectivity index (χ1) is 9.69. The fraction of sp³-hybridized carbons (Fsp3) is 0.231. The zero-order valence-electron chi connectivity index (χ0n) is 11.1. The minimum Gasteiger partial charge on any atom is -0.387 e. The first kappa shape index (κ1) is 11.8. The number of rotatable bonds is 3. The molecular formula is C13H11ClN2OS2. The third kappa shape index (κ3) is 2.50. The second-order valence-electron chi connectivity index (χ2n) is 4.02. The summed E-state index contributed by atoms with van der Waals surface area (Å²) >= 11 is 9.22. The van der Waals surface area contributed by atoms with Crippen molar-refractivity contribution in [1.29, 1.82) is 0 Å². The lowest BCUT2D eigenvalue weighted by atomic mass is 10.0. The Kier molecular flexibility index (Phi) is 3.42. The fourth-order valence-corrected chi connectivity index (χ4v) is 3.54. The summed E-state index contributed by atoms with van der Waals surface area (Å²) in [6.45, 7) is 0. The molecule has 0 radical (unpaired) electrons. The third-order valence-electron chi connectivity index (χ3n) is 2.91. The standard InChI is InChI=1S/C13H11ClN2OS2/c1-18-12-4-2-3-8(14)13(12)11-5-9(16-17-11)10-6-19-7-15-10/h2-4,6-7,11H,5H2,1H3/i7D. The Balaban J connectivity index is 1.86. The van der Waals surface area contributed by atoms with E-state index < -0.39 is 0 Å². The molecule has 1 aromatic carbocycles. The summed E-state index contributed by atoms with van der Waals surface area (Å²) in [4.78, 5) is 10.7. The average molecular weight is 312 g/mol. The highest BCUT2D eigenvalue weighted by molar-refractivity contribution is 7.98. The minimum absolute atomic E-state index is 0.183. The summed E-state index contributed by atoms with van der Waals surface area (Å²) in [6, 6.07) is 5.82. The van der Waals surface area contributed by atoms with E-state index in [1.807, 2.05) is 29.8 Å². The second kappa shape index (κ2) is 5.53. The normalized spacial score (nSPS) is 18.9. The Morgan fingerprint density at radius 2 is 2.47 bits per heavy atom. The molecule has 0 fully saturated rings. The van der Waals surface area contributed by atoms with Crippen molar-refractivity contribution in [2.75, 3.05) is 6.26 Å². The summed E-state index contributed by atoms with van der Waals surface area (Å²) < 4.78 is 7.48. The van der Waals surface area contributed by atoms with E-state index in [0.717, 1.165) is 21.9 Å². The van der Waals surface area contributed by atoms with E-state index in [1.165, 1.54) is 11.3 Å². The number of oxime groups is 1. The van der Waals surface area contributed by atoms with Crippen LogP contribution >= 0.6 is 34.7 Å². The van der Waals surface area contributed by atoms with Gasteiger partial charge in [-0.3, -0.25) is 0 Å². The van der Waals surface area contributed by atoms with E-state index in [0.29, 0.717) is 11.4 Å². The number of thioether (sulfide) groups is 1. The highest BCUT2D eigenvalue weighted by atomic mass is 35.5. The summed E-state index contributed by atoms with van der Waals surface area (Å²) in [5, 5.41) is 6.62. The molecule has 2 heterocycles. The molecule has 0 saturated carbocycles. The van der Waals surface area contributed by atoms with Gasteiger partial charge in [0.2, 0.25) is 0 Å². The molecule has 19 heavy (non-hydrogen) atoms. The largest absolute Gasteiger partial charge is 0.387 e. The first-order valence-electron chi connectivity index (χ1n) is 6.16. The van der Waals surface area contributed by atoms with Crippen molar-refractivity contribution in [1.82, 2.24) is 4.98 Å². The van der Waals surface area contributed by atoms with Crippen LogP contribution in [-0.2, 0) is 4.84 Å². The van der Waals surface area contributed by atoms with Crippen molar-refractivity contribution in [3.63, 3.8) is 0 Å². The van der Waals surface area contributed by atoms with E-state index >= 15 is 0 Å². The minimum atomic E-state index is -0.183. The van der Waals surface area contributed by atoms with Crippen LogP contribution in [0.3, 0.4) is 0 Å². The van der Waals surface area contributed by atoms with Crippen molar-refractivity contribution in [3.8, 4) is 0 Å². The van der Waals surface area contributed by atoms with Gasteiger partial charge in [-0.05, 0) is 18.4 Å². The molecule has 1 aliphatic heterocycles. The monoisotopic (exact) mass is 311 g/mol. The number of aromatic nitrogens is 1. The molecule has 3 nitrogen and oxygen atoms in total. The van der Waals surface area contributed by atoms with E-state index in [-0.39, 0.29) is 11.6 Å². The number of halogens is 1. The number of thiazole rings is 1. The predicted octanol–water partition coefficient (Wildman–Crippen LogP) is 4.38. The van der Waals surface area contributed by atoms with Gasteiger partial charge in [0.15, 0.2) is 6.10 Å². The maximum absolute atomic E-state index is 7.48. The van der Waals surface area contributed by atoms with Gasteiger partial charge in [-0.15, -0.1) is 23.1 Å². The first-order valence-corrected chi connectivity index (χ1v) is 8.15. The van der Waals surface area contributed by atoms with Crippen molar-refractivity contribution in [3.05, 3.63) is 45.3 Å². The number of nitrogens with zero attached hydrogens (tertiary/aromatic N) is 2. The molecule has 0 bridgehead atoms. The van der Waals surface area contributed by atoms with Crippen LogP contribution < -0.4 is 0 Å². The van der Waals surface area contributed by atoms with Gasteiger partial charge in [-0.25, -0.2) is 4.98 Å². The molecular weight excluding hydrogens is 300 g/mol. The fourth-order valence-electron chi connectivity index (χ4n) is 2.01. The number of benzene rings is 1. The van der Waals surface area contributed by atoms with E-state index in [4.69, 9.17) is 17.8 Å². The van der Waals surface area contributed by atoms with Crippen molar-refractivity contribution >= 4 is 40.4 Å². The molecule has 1 atom stereocenters. The Morgan fingerprint density at radius 1 is 1.58 bits per heavy atom. The van der Waals surface area contributed by atoms with Crippen LogP contribution in [-0.4, -0.2) is 17.0 Å². The van der Waals surface area contributed by atoms with Gasteiger partial charge in [0.1, 0.15) is 5.71 Å². The Bertz CT molecular complexity index is 674. The smallest absolute Gasteiger partial charge is 0.160 e. The second-order valence-corrected chi connectivity index (χ2v) is 5.93.